The van der Waals surface area contributed by atoms with Gasteiger partial charge < -0.3 is 5.11 Å². The topological polar surface area (TPSA) is 23.5 Å². The van der Waals surface area contributed by atoms with Crippen molar-refractivity contribution >= 4 is 11.3 Å². The molecule has 0 unspecified atom stereocenters. The van der Waals surface area contributed by atoms with Crippen molar-refractivity contribution in [3.8, 4) is 0 Å². The average molecular weight is 183 g/mol. The minimum Gasteiger partial charge on any atom is -0.390 e. The first kappa shape index (κ1) is 8.23. The molecule has 0 saturated carbocycles. The van der Waals surface area contributed by atoms with Gasteiger partial charge in [0.05, 0.1) is 6.10 Å². The van der Waals surface area contributed by atoms with Gasteiger partial charge in [-0.3, -0.25) is 4.90 Å². The van der Waals surface area contributed by atoms with Crippen LogP contribution in [0.25, 0.3) is 0 Å². The molecule has 0 atom stereocenters. The smallest absolute Gasteiger partial charge is 0.0794 e. The Hall–Kier alpha value is -0.380. The molecular weight excluding hydrogens is 170 g/mol. The standard InChI is InChI=1S/C9H13NOS/c1-7-2-3-12-9(7)6-10-4-8(11)5-10/h2-3,8,11H,4-6H2,1H3. The fourth-order valence-electron chi connectivity index (χ4n) is 1.44. The van der Waals surface area contributed by atoms with E-state index in [9.17, 15) is 0 Å². The molecule has 0 amide bonds. The molecule has 1 N–H and O–H groups in total. The van der Waals surface area contributed by atoms with Crippen LogP contribution in [-0.2, 0) is 6.54 Å². The highest BCUT2D eigenvalue weighted by molar-refractivity contribution is 7.10. The van der Waals surface area contributed by atoms with Crippen LogP contribution in [0.1, 0.15) is 10.4 Å². The van der Waals surface area contributed by atoms with E-state index in [-0.39, 0.29) is 6.10 Å². The van der Waals surface area contributed by atoms with Gasteiger partial charge in [0.1, 0.15) is 0 Å². The summed E-state index contributed by atoms with van der Waals surface area (Å²) in [5, 5.41) is 11.2. The van der Waals surface area contributed by atoms with E-state index >= 15 is 0 Å². The Bertz CT molecular complexity index is 265. The van der Waals surface area contributed by atoms with Crippen LogP contribution in [0.5, 0.6) is 0 Å². The third-order valence-electron chi connectivity index (χ3n) is 2.27. The summed E-state index contributed by atoms with van der Waals surface area (Å²) >= 11 is 1.81. The van der Waals surface area contributed by atoms with Crippen LogP contribution in [0.3, 0.4) is 0 Å². The summed E-state index contributed by atoms with van der Waals surface area (Å²) in [6, 6.07) is 2.15. The summed E-state index contributed by atoms with van der Waals surface area (Å²) in [6.07, 6.45) is -0.0785. The number of thiophene rings is 1. The Kier molecular flexibility index (Phi) is 2.17. The van der Waals surface area contributed by atoms with Gasteiger partial charge in [-0.05, 0) is 23.9 Å². The summed E-state index contributed by atoms with van der Waals surface area (Å²) in [7, 11) is 0. The van der Waals surface area contributed by atoms with Crippen molar-refractivity contribution in [3.05, 3.63) is 21.9 Å². The van der Waals surface area contributed by atoms with Crippen molar-refractivity contribution in [2.75, 3.05) is 13.1 Å². The van der Waals surface area contributed by atoms with Gasteiger partial charge in [-0.15, -0.1) is 11.3 Å². The van der Waals surface area contributed by atoms with E-state index < -0.39 is 0 Å². The number of likely N-dealkylation sites (tertiary alicyclic amines) is 1. The Morgan fingerprint density at radius 1 is 1.67 bits per heavy atom. The summed E-state index contributed by atoms with van der Waals surface area (Å²) in [6.45, 7) is 4.84. The fraction of sp³-hybridized carbons (Fsp3) is 0.556. The molecule has 0 spiro atoms. The largest absolute Gasteiger partial charge is 0.390 e. The van der Waals surface area contributed by atoms with E-state index in [1.807, 2.05) is 0 Å². The Balaban J connectivity index is 1.92. The van der Waals surface area contributed by atoms with Gasteiger partial charge in [0.2, 0.25) is 0 Å². The first-order valence-corrected chi connectivity index (χ1v) is 5.07. The molecule has 1 aromatic rings. The molecule has 0 bridgehead atoms. The minimum atomic E-state index is -0.0785. The van der Waals surface area contributed by atoms with E-state index in [1.54, 1.807) is 11.3 Å². The molecule has 0 aromatic carbocycles. The number of aliphatic hydroxyl groups excluding tert-OH is 1. The van der Waals surface area contributed by atoms with E-state index in [2.05, 4.69) is 23.3 Å². The second-order valence-electron chi connectivity index (χ2n) is 3.37. The molecule has 2 nitrogen and oxygen atoms in total. The van der Waals surface area contributed by atoms with Gasteiger partial charge in [-0.1, -0.05) is 0 Å². The lowest BCUT2D eigenvalue weighted by Crippen LogP contribution is -2.49. The highest BCUT2D eigenvalue weighted by atomic mass is 32.1. The van der Waals surface area contributed by atoms with Crippen molar-refractivity contribution in [2.24, 2.45) is 0 Å². The zero-order chi connectivity index (χ0) is 8.55. The molecule has 1 fully saturated rings. The SMILES string of the molecule is Cc1ccsc1CN1CC(O)C1. The number of rotatable bonds is 2. The van der Waals surface area contributed by atoms with Crippen molar-refractivity contribution in [2.45, 2.75) is 19.6 Å². The molecule has 3 heteroatoms. The van der Waals surface area contributed by atoms with Crippen molar-refractivity contribution in [1.29, 1.82) is 0 Å². The maximum atomic E-state index is 9.08. The molecule has 1 aliphatic heterocycles. The zero-order valence-corrected chi connectivity index (χ0v) is 7.97. The third-order valence-corrected chi connectivity index (χ3v) is 3.28. The second kappa shape index (κ2) is 3.17. The van der Waals surface area contributed by atoms with E-state index in [1.165, 1.54) is 10.4 Å². The number of aryl methyl sites for hydroxylation is 1. The molecule has 1 aliphatic rings. The maximum Gasteiger partial charge on any atom is 0.0794 e. The zero-order valence-electron chi connectivity index (χ0n) is 7.16. The van der Waals surface area contributed by atoms with Crippen LogP contribution in [0.2, 0.25) is 0 Å². The number of β-amino-alcohol motifs (C(OH)–C–C–N with tert-alkyl or cyclic N) is 1. The molecule has 2 rings (SSSR count). The average Bonchev–Trinajstić information content (AvgIpc) is 2.33. The van der Waals surface area contributed by atoms with Crippen molar-refractivity contribution < 1.29 is 5.11 Å². The Labute approximate surface area is 76.4 Å². The lowest BCUT2D eigenvalue weighted by atomic mass is 10.1. The lowest BCUT2D eigenvalue weighted by molar-refractivity contribution is -0.00238. The fourth-order valence-corrected chi connectivity index (χ4v) is 2.39. The van der Waals surface area contributed by atoms with Crippen LogP contribution in [0.15, 0.2) is 11.4 Å². The van der Waals surface area contributed by atoms with E-state index in [0.29, 0.717) is 0 Å². The van der Waals surface area contributed by atoms with Gasteiger partial charge >= 0.3 is 0 Å². The van der Waals surface area contributed by atoms with Crippen LogP contribution in [0.4, 0.5) is 0 Å². The molecular formula is C9H13NOS. The molecule has 12 heavy (non-hydrogen) atoms. The number of aliphatic hydroxyl groups is 1. The van der Waals surface area contributed by atoms with Crippen LogP contribution in [0, 0.1) is 6.92 Å². The Morgan fingerprint density at radius 3 is 2.92 bits per heavy atom. The normalized spacial score (nSPS) is 19.5. The van der Waals surface area contributed by atoms with Gasteiger partial charge in [-0.2, -0.15) is 0 Å². The number of nitrogens with zero attached hydrogens (tertiary/aromatic N) is 1. The summed E-state index contributed by atoms with van der Waals surface area (Å²) in [5.41, 5.74) is 1.38. The summed E-state index contributed by atoms with van der Waals surface area (Å²) < 4.78 is 0. The summed E-state index contributed by atoms with van der Waals surface area (Å²) in [4.78, 5) is 3.70. The first-order valence-electron chi connectivity index (χ1n) is 4.19. The second-order valence-corrected chi connectivity index (χ2v) is 4.38. The summed E-state index contributed by atoms with van der Waals surface area (Å²) in [5.74, 6) is 0. The maximum absolute atomic E-state index is 9.08. The predicted molar refractivity (Wildman–Crippen MR) is 50.3 cm³/mol. The van der Waals surface area contributed by atoms with E-state index in [0.717, 1.165) is 19.6 Å². The predicted octanol–water partition coefficient (Wildman–Crippen LogP) is 1.23. The highest BCUT2D eigenvalue weighted by Crippen LogP contribution is 2.20. The quantitative estimate of drug-likeness (QED) is 0.745. The number of hydrogen-bond donors (Lipinski definition) is 1. The third kappa shape index (κ3) is 1.53. The van der Waals surface area contributed by atoms with Gasteiger partial charge in [0.15, 0.2) is 0 Å². The highest BCUT2D eigenvalue weighted by Gasteiger charge is 2.24. The molecule has 1 aromatic heterocycles. The minimum absolute atomic E-state index is 0.0785. The molecule has 0 radical (unpaired) electrons. The van der Waals surface area contributed by atoms with Gasteiger partial charge in [-0.25, -0.2) is 0 Å². The van der Waals surface area contributed by atoms with Crippen molar-refractivity contribution in [1.82, 2.24) is 4.90 Å². The van der Waals surface area contributed by atoms with Crippen molar-refractivity contribution in [3.63, 3.8) is 0 Å². The number of hydrogen-bond acceptors (Lipinski definition) is 3. The lowest BCUT2D eigenvalue weighted by Gasteiger charge is -2.35. The molecule has 1 saturated heterocycles. The monoisotopic (exact) mass is 183 g/mol. The van der Waals surface area contributed by atoms with Crippen LogP contribution < -0.4 is 0 Å². The Morgan fingerprint density at radius 2 is 2.42 bits per heavy atom. The van der Waals surface area contributed by atoms with E-state index in [4.69, 9.17) is 5.11 Å². The van der Waals surface area contributed by atoms with Crippen LogP contribution >= 0.6 is 11.3 Å². The molecule has 2 heterocycles. The van der Waals surface area contributed by atoms with Gasteiger partial charge in [0, 0.05) is 24.5 Å². The first-order chi connectivity index (χ1) is 5.75. The van der Waals surface area contributed by atoms with Crippen LogP contribution in [-0.4, -0.2) is 29.2 Å². The van der Waals surface area contributed by atoms with Gasteiger partial charge in [0.25, 0.3) is 0 Å². The molecule has 66 valence electrons. The molecule has 0 aliphatic carbocycles.